The Morgan fingerprint density at radius 1 is 1.17 bits per heavy atom. The fourth-order valence-electron chi connectivity index (χ4n) is 3.57. The fraction of sp³-hybridized carbons (Fsp3) is 0.714. The summed E-state index contributed by atoms with van der Waals surface area (Å²) in [7, 11) is 1.77. The minimum atomic E-state index is 0.423. The summed E-state index contributed by atoms with van der Waals surface area (Å²) < 4.78 is 5.48. The van der Waals surface area contributed by atoms with Crippen molar-refractivity contribution in [1.82, 2.24) is 0 Å². The van der Waals surface area contributed by atoms with Gasteiger partial charge in [-0.3, -0.25) is 0 Å². The average Bonchev–Trinajstić information content (AvgIpc) is 2.54. The van der Waals surface area contributed by atoms with Crippen molar-refractivity contribution in [2.45, 2.75) is 66.2 Å². The first-order valence-electron chi connectivity index (χ1n) is 9.35. The Morgan fingerprint density at radius 3 is 2.43 bits per heavy atom. The van der Waals surface area contributed by atoms with E-state index in [1.165, 1.54) is 62.9 Å². The number of hydrogen-bond donors (Lipinski definition) is 0. The number of benzene rings is 1. The highest BCUT2D eigenvalue weighted by Gasteiger charge is 2.20. The van der Waals surface area contributed by atoms with Gasteiger partial charge in [0.15, 0.2) is 0 Å². The van der Waals surface area contributed by atoms with Crippen LogP contribution in [0.25, 0.3) is 0 Å². The third kappa shape index (κ3) is 5.44. The van der Waals surface area contributed by atoms with E-state index < -0.39 is 0 Å². The van der Waals surface area contributed by atoms with Gasteiger partial charge in [0.1, 0.15) is 5.75 Å². The molecular weight excluding hydrogens is 282 g/mol. The Hall–Kier alpha value is -1.18. The van der Waals surface area contributed by atoms with E-state index in [0.29, 0.717) is 5.41 Å². The molecule has 0 radical (unpaired) electrons. The Bertz CT molecular complexity index is 481. The predicted octanol–water partition coefficient (Wildman–Crippen LogP) is 5.69. The molecule has 1 aromatic carbocycles. The van der Waals surface area contributed by atoms with Crippen LogP contribution >= 0.6 is 0 Å². The van der Waals surface area contributed by atoms with Crippen molar-refractivity contribution in [1.29, 1.82) is 0 Å². The van der Waals surface area contributed by atoms with E-state index in [9.17, 15) is 0 Å². The molecule has 2 nitrogen and oxygen atoms in total. The maximum absolute atomic E-state index is 5.48. The van der Waals surface area contributed by atoms with Gasteiger partial charge in [0.05, 0.1) is 7.11 Å². The van der Waals surface area contributed by atoms with E-state index in [0.717, 1.165) is 11.7 Å². The van der Waals surface area contributed by atoms with Crippen molar-refractivity contribution in [3.63, 3.8) is 0 Å². The van der Waals surface area contributed by atoms with Gasteiger partial charge >= 0.3 is 0 Å². The van der Waals surface area contributed by atoms with Crippen LogP contribution in [0, 0.1) is 11.3 Å². The van der Waals surface area contributed by atoms with Gasteiger partial charge in [0, 0.05) is 24.8 Å². The predicted molar refractivity (Wildman–Crippen MR) is 101 cm³/mol. The zero-order valence-corrected chi connectivity index (χ0v) is 15.8. The molecule has 0 aromatic heterocycles. The summed E-state index contributed by atoms with van der Waals surface area (Å²) in [6, 6.07) is 6.65. The van der Waals surface area contributed by atoms with Crippen LogP contribution in [0.4, 0.5) is 5.69 Å². The molecule has 2 rings (SSSR count). The van der Waals surface area contributed by atoms with Crippen LogP contribution in [-0.4, -0.2) is 20.2 Å². The van der Waals surface area contributed by atoms with Crippen molar-refractivity contribution < 1.29 is 4.74 Å². The fourth-order valence-corrected chi connectivity index (χ4v) is 3.57. The molecule has 0 saturated carbocycles. The molecule has 0 aliphatic carbocycles. The van der Waals surface area contributed by atoms with Crippen LogP contribution in [0.2, 0.25) is 0 Å². The summed E-state index contributed by atoms with van der Waals surface area (Å²) in [5.41, 5.74) is 3.32. The topological polar surface area (TPSA) is 12.5 Å². The average molecular weight is 318 g/mol. The van der Waals surface area contributed by atoms with Crippen molar-refractivity contribution >= 4 is 5.69 Å². The van der Waals surface area contributed by atoms with Crippen LogP contribution in [0.15, 0.2) is 18.2 Å². The maximum atomic E-state index is 5.48. The number of ether oxygens (including phenoxy) is 1. The number of nitrogens with zero attached hydrogens (tertiary/aromatic N) is 1. The van der Waals surface area contributed by atoms with Crippen molar-refractivity contribution in [3.8, 4) is 5.75 Å². The molecule has 0 amide bonds. The molecule has 2 heteroatoms. The number of aryl methyl sites for hydroxylation is 1. The lowest BCUT2D eigenvalue weighted by atomic mass is 9.88. The number of anilines is 1. The number of hydrogen-bond acceptors (Lipinski definition) is 2. The SMILES string of the molecule is CCC1CCN(c2cc(OC)ccc2CCCC(C)(C)C)CC1. The molecule has 23 heavy (non-hydrogen) atoms. The first-order chi connectivity index (χ1) is 10.9. The second-order valence-electron chi connectivity index (χ2n) is 8.25. The maximum Gasteiger partial charge on any atom is 0.120 e. The summed E-state index contributed by atoms with van der Waals surface area (Å²) in [6.07, 6.45) is 7.68. The van der Waals surface area contributed by atoms with E-state index in [1.807, 2.05) is 0 Å². The lowest BCUT2D eigenvalue weighted by molar-refractivity contribution is 0.365. The van der Waals surface area contributed by atoms with E-state index in [2.05, 4.69) is 50.8 Å². The van der Waals surface area contributed by atoms with Gasteiger partial charge in [-0.25, -0.2) is 0 Å². The van der Waals surface area contributed by atoms with Gasteiger partial charge < -0.3 is 9.64 Å². The molecule has 1 saturated heterocycles. The third-order valence-corrected chi connectivity index (χ3v) is 5.20. The molecule has 1 heterocycles. The zero-order valence-electron chi connectivity index (χ0n) is 15.8. The number of rotatable bonds is 6. The summed E-state index contributed by atoms with van der Waals surface area (Å²) in [4.78, 5) is 2.58. The monoisotopic (exact) mass is 317 g/mol. The molecule has 1 aliphatic rings. The van der Waals surface area contributed by atoms with Gasteiger partial charge in [-0.2, -0.15) is 0 Å². The summed E-state index contributed by atoms with van der Waals surface area (Å²) in [5.74, 6) is 1.90. The van der Waals surface area contributed by atoms with Crippen molar-refractivity contribution in [2.75, 3.05) is 25.1 Å². The summed E-state index contributed by atoms with van der Waals surface area (Å²) >= 11 is 0. The molecule has 130 valence electrons. The van der Waals surface area contributed by atoms with Crippen molar-refractivity contribution in [2.24, 2.45) is 11.3 Å². The first-order valence-corrected chi connectivity index (χ1v) is 9.35. The van der Waals surface area contributed by atoms with Gasteiger partial charge in [-0.1, -0.05) is 40.2 Å². The highest BCUT2D eigenvalue weighted by Crippen LogP contribution is 2.32. The van der Waals surface area contributed by atoms with Gasteiger partial charge in [-0.15, -0.1) is 0 Å². The lowest BCUT2D eigenvalue weighted by Gasteiger charge is -2.35. The first kappa shape index (κ1) is 18.2. The Morgan fingerprint density at radius 2 is 1.87 bits per heavy atom. The van der Waals surface area contributed by atoms with E-state index in [1.54, 1.807) is 7.11 Å². The second kappa shape index (κ2) is 8.08. The standard InChI is InChI=1S/C21H35NO/c1-6-17-11-14-22(15-12-17)20-16-19(23-5)10-9-18(20)8-7-13-21(2,3)4/h9-10,16-17H,6-8,11-15H2,1-5H3. The van der Waals surface area contributed by atoms with E-state index in [-0.39, 0.29) is 0 Å². The smallest absolute Gasteiger partial charge is 0.120 e. The quantitative estimate of drug-likeness (QED) is 0.668. The number of methoxy groups -OCH3 is 1. The molecule has 1 aliphatic heterocycles. The molecule has 0 N–H and O–H groups in total. The third-order valence-electron chi connectivity index (χ3n) is 5.20. The number of piperidine rings is 1. The highest BCUT2D eigenvalue weighted by atomic mass is 16.5. The van der Waals surface area contributed by atoms with Gasteiger partial charge in [0.25, 0.3) is 0 Å². The van der Waals surface area contributed by atoms with Gasteiger partial charge in [0.2, 0.25) is 0 Å². The van der Waals surface area contributed by atoms with Crippen LogP contribution in [0.3, 0.4) is 0 Å². The minimum Gasteiger partial charge on any atom is -0.497 e. The summed E-state index contributed by atoms with van der Waals surface area (Å²) in [5, 5.41) is 0. The van der Waals surface area contributed by atoms with Gasteiger partial charge in [-0.05, 0) is 55.1 Å². The molecule has 0 unspecified atom stereocenters. The Labute approximate surface area is 143 Å². The highest BCUT2D eigenvalue weighted by molar-refractivity contribution is 5.57. The van der Waals surface area contributed by atoms with Crippen molar-refractivity contribution in [3.05, 3.63) is 23.8 Å². The molecular formula is C21H35NO. The zero-order chi connectivity index (χ0) is 16.9. The molecule has 1 fully saturated rings. The van der Waals surface area contributed by atoms with E-state index >= 15 is 0 Å². The van der Waals surface area contributed by atoms with Crippen LogP contribution < -0.4 is 9.64 Å². The lowest BCUT2D eigenvalue weighted by Crippen LogP contribution is -2.34. The van der Waals surface area contributed by atoms with Crippen LogP contribution in [0.1, 0.15) is 65.4 Å². The molecule has 0 bridgehead atoms. The summed E-state index contributed by atoms with van der Waals surface area (Å²) in [6.45, 7) is 11.7. The molecule has 1 aromatic rings. The molecule has 0 atom stereocenters. The Kier molecular flexibility index (Phi) is 6.38. The molecule has 0 spiro atoms. The Balaban J connectivity index is 2.09. The largest absolute Gasteiger partial charge is 0.497 e. The van der Waals surface area contributed by atoms with Crippen LogP contribution in [0.5, 0.6) is 5.75 Å². The second-order valence-corrected chi connectivity index (χ2v) is 8.25. The van der Waals surface area contributed by atoms with E-state index in [4.69, 9.17) is 4.74 Å². The normalized spacial score (nSPS) is 16.7. The minimum absolute atomic E-state index is 0.423. The van der Waals surface area contributed by atoms with Crippen LogP contribution in [-0.2, 0) is 6.42 Å².